The number of sulfonamides is 1. The van der Waals surface area contributed by atoms with Gasteiger partial charge in [0.2, 0.25) is 0 Å². The summed E-state index contributed by atoms with van der Waals surface area (Å²) >= 11 is 0. The minimum atomic E-state index is -3.74. The molecule has 0 fully saturated rings. The van der Waals surface area contributed by atoms with E-state index in [4.69, 9.17) is 0 Å². The second-order valence-electron chi connectivity index (χ2n) is 6.55. The highest BCUT2D eigenvalue weighted by Gasteiger charge is 2.14. The topological polar surface area (TPSA) is 131 Å². The van der Waals surface area contributed by atoms with Crippen molar-refractivity contribution in [2.45, 2.75) is 11.8 Å². The number of amides is 1. The molecule has 0 unspecified atom stereocenters. The normalized spacial score (nSPS) is 11.3. The maximum atomic E-state index is 12.4. The molecule has 158 valence electrons. The summed E-state index contributed by atoms with van der Waals surface area (Å²) < 4.78 is 27.3. The summed E-state index contributed by atoms with van der Waals surface area (Å²) in [6.45, 7) is 1.86. The van der Waals surface area contributed by atoms with Crippen LogP contribution in [0.15, 0.2) is 82.8 Å². The molecule has 1 amide bonds. The van der Waals surface area contributed by atoms with Crippen molar-refractivity contribution < 1.29 is 18.1 Å². The lowest BCUT2D eigenvalue weighted by Gasteiger charge is -2.09. The lowest BCUT2D eigenvalue weighted by atomic mass is 10.2. The van der Waals surface area contributed by atoms with Crippen LogP contribution < -0.4 is 10.1 Å². The standard InChI is InChI=1S/C21H18N4O5S/c1-15-5-11-20(12-6-15)31(29,30)24-18-9-7-17(8-10-18)21(26)23-22-14-16-3-2-4-19(13-16)25(27)28/h2-14,24H,1H3,(H,23,26)/b22-14+. The van der Waals surface area contributed by atoms with E-state index in [0.717, 1.165) is 5.56 Å². The molecule has 3 rings (SSSR count). The van der Waals surface area contributed by atoms with Gasteiger partial charge in [-0.3, -0.25) is 19.6 Å². The van der Waals surface area contributed by atoms with Gasteiger partial charge in [-0.15, -0.1) is 0 Å². The van der Waals surface area contributed by atoms with Gasteiger partial charge in [0.05, 0.1) is 16.0 Å². The molecule has 0 aliphatic heterocycles. The zero-order valence-corrected chi connectivity index (χ0v) is 17.2. The predicted octanol–water partition coefficient (Wildman–Crippen LogP) is 3.47. The highest BCUT2D eigenvalue weighted by atomic mass is 32.2. The lowest BCUT2D eigenvalue weighted by Crippen LogP contribution is -2.18. The monoisotopic (exact) mass is 438 g/mol. The first-order valence-electron chi connectivity index (χ1n) is 9.02. The van der Waals surface area contributed by atoms with Crippen molar-refractivity contribution in [3.8, 4) is 0 Å². The van der Waals surface area contributed by atoms with E-state index in [1.165, 1.54) is 60.8 Å². The molecule has 9 nitrogen and oxygen atoms in total. The van der Waals surface area contributed by atoms with Crippen LogP contribution >= 0.6 is 0 Å². The van der Waals surface area contributed by atoms with Crippen LogP contribution in [0.3, 0.4) is 0 Å². The maximum absolute atomic E-state index is 12.4. The number of anilines is 1. The van der Waals surface area contributed by atoms with Gasteiger partial charge in [-0.2, -0.15) is 5.10 Å². The van der Waals surface area contributed by atoms with Crippen molar-refractivity contribution in [2.75, 3.05) is 4.72 Å². The third-order valence-electron chi connectivity index (χ3n) is 4.19. The van der Waals surface area contributed by atoms with Gasteiger partial charge in [-0.1, -0.05) is 29.8 Å². The number of carbonyl (C=O) groups excluding carboxylic acids is 1. The summed E-state index contributed by atoms with van der Waals surface area (Å²) in [6, 6.07) is 18.1. The summed E-state index contributed by atoms with van der Waals surface area (Å²) in [6.07, 6.45) is 1.29. The van der Waals surface area contributed by atoms with Crippen LogP contribution in [0.4, 0.5) is 11.4 Å². The molecule has 0 spiro atoms. The van der Waals surface area contributed by atoms with Crippen LogP contribution in [0.1, 0.15) is 21.5 Å². The van der Waals surface area contributed by atoms with Gasteiger partial charge in [-0.25, -0.2) is 13.8 Å². The molecule has 0 aliphatic carbocycles. The molecule has 10 heteroatoms. The molecule has 0 atom stereocenters. The van der Waals surface area contributed by atoms with E-state index < -0.39 is 20.9 Å². The second-order valence-corrected chi connectivity index (χ2v) is 8.23. The fourth-order valence-corrected chi connectivity index (χ4v) is 3.63. The molecule has 0 aliphatic rings. The number of carbonyl (C=O) groups is 1. The second kappa shape index (κ2) is 9.18. The summed E-state index contributed by atoms with van der Waals surface area (Å²) in [7, 11) is -3.74. The van der Waals surface area contributed by atoms with Gasteiger partial charge in [0.25, 0.3) is 21.6 Å². The number of non-ortho nitro benzene ring substituents is 1. The van der Waals surface area contributed by atoms with Crippen LogP contribution in [0, 0.1) is 17.0 Å². The highest BCUT2D eigenvalue weighted by molar-refractivity contribution is 7.92. The Labute approximate surface area is 178 Å². The SMILES string of the molecule is Cc1ccc(S(=O)(=O)Nc2ccc(C(=O)N/N=C/c3cccc([N+](=O)[O-])c3)cc2)cc1. The third kappa shape index (κ3) is 5.73. The Kier molecular flexibility index (Phi) is 6.41. The molecule has 3 aromatic rings. The zero-order valence-electron chi connectivity index (χ0n) is 16.3. The highest BCUT2D eigenvalue weighted by Crippen LogP contribution is 2.17. The lowest BCUT2D eigenvalue weighted by molar-refractivity contribution is -0.384. The Morgan fingerprint density at radius 3 is 2.35 bits per heavy atom. The molecule has 2 N–H and O–H groups in total. The van der Waals surface area contributed by atoms with Crippen LogP contribution in [-0.2, 0) is 10.0 Å². The van der Waals surface area contributed by atoms with Crippen molar-refractivity contribution in [3.63, 3.8) is 0 Å². The van der Waals surface area contributed by atoms with E-state index in [-0.39, 0.29) is 16.1 Å². The maximum Gasteiger partial charge on any atom is 0.271 e. The van der Waals surface area contributed by atoms with Crippen molar-refractivity contribution >= 4 is 33.5 Å². The summed E-state index contributed by atoms with van der Waals surface area (Å²) in [5.74, 6) is -0.519. The number of nitro groups is 1. The van der Waals surface area contributed by atoms with Gasteiger partial charge < -0.3 is 0 Å². The zero-order chi connectivity index (χ0) is 22.4. The minimum Gasteiger partial charge on any atom is -0.280 e. The number of benzene rings is 3. The predicted molar refractivity (Wildman–Crippen MR) is 117 cm³/mol. The Morgan fingerprint density at radius 1 is 1.03 bits per heavy atom. The van der Waals surface area contributed by atoms with Crippen LogP contribution in [0.25, 0.3) is 0 Å². The molecule has 0 radical (unpaired) electrons. The van der Waals surface area contributed by atoms with Crippen molar-refractivity contribution in [1.82, 2.24) is 5.43 Å². The van der Waals surface area contributed by atoms with Gasteiger partial charge in [0.15, 0.2) is 0 Å². The summed E-state index contributed by atoms with van der Waals surface area (Å²) in [5.41, 5.74) is 4.20. The van der Waals surface area contributed by atoms with E-state index in [0.29, 0.717) is 11.3 Å². The number of nitrogens with zero attached hydrogens (tertiary/aromatic N) is 2. The number of rotatable bonds is 7. The molecule has 0 aromatic heterocycles. The number of nitro benzene ring substituents is 1. The Balaban J connectivity index is 1.63. The number of hydrazone groups is 1. The van der Waals surface area contributed by atoms with E-state index >= 15 is 0 Å². The molecule has 0 saturated heterocycles. The molecular formula is C21H18N4O5S. The van der Waals surface area contributed by atoms with Crippen molar-refractivity contribution in [1.29, 1.82) is 0 Å². The smallest absolute Gasteiger partial charge is 0.271 e. The average Bonchev–Trinajstić information content (AvgIpc) is 2.74. The van der Waals surface area contributed by atoms with Crippen LogP contribution in [-0.4, -0.2) is 25.5 Å². The number of nitrogens with one attached hydrogen (secondary N) is 2. The van der Waals surface area contributed by atoms with E-state index in [1.54, 1.807) is 18.2 Å². The van der Waals surface area contributed by atoms with Crippen molar-refractivity contribution in [2.24, 2.45) is 5.10 Å². The Hall–Kier alpha value is -4.05. The molecule has 0 heterocycles. The quantitative estimate of drug-likeness (QED) is 0.331. The van der Waals surface area contributed by atoms with E-state index in [9.17, 15) is 23.3 Å². The Morgan fingerprint density at radius 2 is 1.71 bits per heavy atom. The first-order chi connectivity index (χ1) is 14.7. The number of aryl methyl sites for hydroxylation is 1. The fraction of sp³-hybridized carbons (Fsp3) is 0.0476. The number of hydrogen-bond donors (Lipinski definition) is 2. The van der Waals surface area contributed by atoms with Gasteiger partial charge in [-0.05, 0) is 43.3 Å². The average molecular weight is 438 g/mol. The van der Waals surface area contributed by atoms with Gasteiger partial charge in [0.1, 0.15) is 0 Å². The van der Waals surface area contributed by atoms with E-state index in [2.05, 4.69) is 15.2 Å². The molecule has 3 aromatic carbocycles. The molecule has 0 saturated carbocycles. The molecule has 31 heavy (non-hydrogen) atoms. The first kappa shape index (κ1) is 21.7. The largest absolute Gasteiger partial charge is 0.280 e. The summed E-state index contributed by atoms with van der Waals surface area (Å²) in [4.78, 5) is 22.6. The summed E-state index contributed by atoms with van der Waals surface area (Å²) in [5, 5.41) is 14.6. The molecule has 0 bridgehead atoms. The third-order valence-corrected chi connectivity index (χ3v) is 5.59. The molecular weight excluding hydrogens is 420 g/mol. The van der Waals surface area contributed by atoms with Gasteiger partial charge >= 0.3 is 0 Å². The fourth-order valence-electron chi connectivity index (χ4n) is 2.57. The minimum absolute atomic E-state index is 0.0843. The van der Waals surface area contributed by atoms with Crippen LogP contribution in [0.2, 0.25) is 0 Å². The Bertz CT molecular complexity index is 1240. The van der Waals surface area contributed by atoms with Crippen molar-refractivity contribution in [3.05, 3.63) is 99.6 Å². The first-order valence-corrected chi connectivity index (χ1v) is 10.5. The number of hydrogen-bond acceptors (Lipinski definition) is 6. The van der Waals surface area contributed by atoms with Crippen LogP contribution in [0.5, 0.6) is 0 Å². The van der Waals surface area contributed by atoms with Gasteiger partial charge in [0, 0.05) is 28.9 Å². The van der Waals surface area contributed by atoms with E-state index in [1.807, 2.05) is 6.92 Å².